The van der Waals surface area contributed by atoms with E-state index in [-0.39, 0.29) is 11.8 Å². The van der Waals surface area contributed by atoms with Crippen molar-refractivity contribution in [2.45, 2.75) is 26.3 Å². The van der Waals surface area contributed by atoms with Gasteiger partial charge in [0.15, 0.2) is 0 Å². The Morgan fingerprint density at radius 2 is 2.12 bits per heavy atom. The number of halogens is 1. The van der Waals surface area contributed by atoms with Gasteiger partial charge in [0.25, 0.3) is 0 Å². The van der Waals surface area contributed by atoms with Crippen molar-refractivity contribution in [3.8, 4) is 5.75 Å². The summed E-state index contributed by atoms with van der Waals surface area (Å²) in [6, 6.07) is 15.4. The van der Waals surface area contributed by atoms with Crippen LogP contribution < -0.4 is 10.1 Å². The highest BCUT2D eigenvalue weighted by Crippen LogP contribution is 2.24. The summed E-state index contributed by atoms with van der Waals surface area (Å²) in [6.07, 6.45) is 1.93. The summed E-state index contributed by atoms with van der Waals surface area (Å²) in [7, 11) is 0. The Morgan fingerprint density at radius 1 is 1.27 bits per heavy atom. The van der Waals surface area contributed by atoms with Crippen LogP contribution >= 0.6 is 11.6 Å². The SMILES string of the molecule is CCOc1cccc(NC(=O)[C@@H]2CCCN(Cc3ccccc3Cl)C2)c1. The van der Waals surface area contributed by atoms with Gasteiger partial charge in [0.05, 0.1) is 12.5 Å². The standard InChI is InChI=1S/C21H25ClN2O2/c1-2-26-19-10-5-9-18(13-19)23-21(25)17-8-6-12-24(15-17)14-16-7-3-4-11-20(16)22/h3-5,7,9-11,13,17H,2,6,8,12,14-15H2,1H3,(H,23,25)/t17-/m1/s1. The van der Waals surface area contributed by atoms with E-state index in [0.717, 1.165) is 54.5 Å². The highest BCUT2D eigenvalue weighted by Gasteiger charge is 2.26. The van der Waals surface area contributed by atoms with Gasteiger partial charge in [0, 0.05) is 29.9 Å². The van der Waals surface area contributed by atoms with Gasteiger partial charge in [-0.1, -0.05) is 35.9 Å². The van der Waals surface area contributed by atoms with Gasteiger partial charge < -0.3 is 10.1 Å². The third-order valence-electron chi connectivity index (χ3n) is 4.64. The quantitative estimate of drug-likeness (QED) is 0.806. The maximum atomic E-state index is 12.7. The van der Waals surface area contributed by atoms with Crippen LogP contribution in [0.4, 0.5) is 5.69 Å². The number of hydrogen-bond donors (Lipinski definition) is 1. The number of anilines is 1. The average Bonchev–Trinajstić information content (AvgIpc) is 2.64. The molecule has 1 aliphatic heterocycles. The molecule has 0 unspecified atom stereocenters. The number of rotatable bonds is 6. The summed E-state index contributed by atoms with van der Waals surface area (Å²) in [5.41, 5.74) is 1.89. The van der Waals surface area contributed by atoms with Gasteiger partial charge in [0.2, 0.25) is 5.91 Å². The second-order valence-corrected chi connectivity index (χ2v) is 7.02. The maximum absolute atomic E-state index is 12.7. The molecule has 0 aromatic heterocycles. The van der Waals surface area contributed by atoms with Crippen LogP contribution in [0, 0.1) is 5.92 Å². The van der Waals surface area contributed by atoms with Gasteiger partial charge in [-0.2, -0.15) is 0 Å². The zero-order chi connectivity index (χ0) is 18.4. The Kier molecular flexibility index (Phi) is 6.53. The lowest BCUT2D eigenvalue weighted by Crippen LogP contribution is -2.40. The number of likely N-dealkylation sites (tertiary alicyclic amines) is 1. The lowest BCUT2D eigenvalue weighted by molar-refractivity contribution is -0.121. The lowest BCUT2D eigenvalue weighted by atomic mass is 9.96. The van der Waals surface area contributed by atoms with Crippen LogP contribution in [0.1, 0.15) is 25.3 Å². The minimum atomic E-state index is -0.0120. The second kappa shape index (κ2) is 9.06. The Balaban J connectivity index is 1.59. The highest BCUT2D eigenvalue weighted by molar-refractivity contribution is 6.31. The summed E-state index contributed by atoms with van der Waals surface area (Å²) in [4.78, 5) is 15.0. The summed E-state index contributed by atoms with van der Waals surface area (Å²) >= 11 is 6.27. The number of nitrogens with zero attached hydrogens (tertiary/aromatic N) is 1. The van der Waals surface area contributed by atoms with Crippen LogP contribution in [0.5, 0.6) is 5.75 Å². The molecular weight excluding hydrogens is 348 g/mol. The molecule has 1 saturated heterocycles. The predicted molar refractivity (Wildman–Crippen MR) is 106 cm³/mol. The van der Waals surface area contributed by atoms with Crippen molar-refractivity contribution < 1.29 is 9.53 Å². The molecule has 0 saturated carbocycles. The van der Waals surface area contributed by atoms with Gasteiger partial charge in [-0.15, -0.1) is 0 Å². The van der Waals surface area contributed by atoms with Crippen LogP contribution in [0.2, 0.25) is 5.02 Å². The molecule has 1 aliphatic rings. The molecule has 1 N–H and O–H groups in total. The van der Waals surface area contributed by atoms with Crippen LogP contribution in [0.25, 0.3) is 0 Å². The summed E-state index contributed by atoms with van der Waals surface area (Å²) in [6.45, 7) is 5.08. The summed E-state index contributed by atoms with van der Waals surface area (Å²) in [5.74, 6) is 0.832. The van der Waals surface area contributed by atoms with Crippen LogP contribution in [-0.4, -0.2) is 30.5 Å². The first-order chi connectivity index (χ1) is 12.7. The Bertz CT molecular complexity index is 750. The molecular formula is C21H25ClN2O2. The van der Waals surface area contributed by atoms with E-state index in [1.54, 1.807) is 0 Å². The zero-order valence-electron chi connectivity index (χ0n) is 15.1. The van der Waals surface area contributed by atoms with Crippen LogP contribution in [0.15, 0.2) is 48.5 Å². The average molecular weight is 373 g/mol. The smallest absolute Gasteiger partial charge is 0.228 e. The van der Waals surface area contributed by atoms with E-state index in [9.17, 15) is 4.79 Å². The van der Waals surface area contributed by atoms with E-state index < -0.39 is 0 Å². The first-order valence-electron chi connectivity index (χ1n) is 9.15. The molecule has 0 spiro atoms. The van der Waals surface area contributed by atoms with Crippen molar-refractivity contribution in [2.24, 2.45) is 5.92 Å². The normalized spacial score (nSPS) is 17.7. The summed E-state index contributed by atoms with van der Waals surface area (Å²) in [5, 5.41) is 3.82. The molecule has 26 heavy (non-hydrogen) atoms. The molecule has 1 heterocycles. The Hall–Kier alpha value is -2.04. The monoisotopic (exact) mass is 372 g/mol. The number of amides is 1. The molecule has 5 heteroatoms. The fraction of sp³-hybridized carbons (Fsp3) is 0.381. The zero-order valence-corrected chi connectivity index (χ0v) is 15.8. The van der Waals surface area contributed by atoms with E-state index in [2.05, 4.69) is 10.2 Å². The first-order valence-corrected chi connectivity index (χ1v) is 9.53. The van der Waals surface area contributed by atoms with E-state index in [0.29, 0.717) is 6.61 Å². The number of ether oxygens (including phenoxy) is 1. The predicted octanol–water partition coefficient (Wildman–Crippen LogP) is 4.59. The van der Waals surface area contributed by atoms with Gasteiger partial charge >= 0.3 is 0 Å². The van der Waals surface area contributed by atoms with E-state index in [1.807, 2.05) is 55.5 Å². The molecule has 138 valence electrons. The second-order valence-electron chi connectivity index (χ2n) is 6.62. The largest absolute Gasteiger partial charge is 0.494 e. The maximum Gasteiger partial charge on any atom is 0.228 e. The van der Waals surface area contributed by atoms with Crippen molar-refractivity contribution in [2.75, 3.05) is 25.0 Å². The van der Waals surface area contributed by atoms with Crippen LogP contribution in [0.3, 0.4) is 0 Å². The van der Waals surface area contributed by atoms with Gasteiger partial charge in [-0.25, -0.2) is 0 Å². The fourth-order valence-corrected chi connectivity index (χ4v) is 3.55. The van der Waals surface area contributed by atoms with Crippen molar-refractivity contribution in [1.29, 1.82) is 0 Å². The minimum Gasteiger partial charge on any atom is -0.494 e. The van der Waals surface area contributed by atoms with E-state index >= 15 is 0 Å². The molecule has 1 amide bonds. The van der Waals surface area contributed by atoms with Crippen molar-refractivity contribution in [3.05, 3.63) is 59.1 Å². The molecule has 4 nitrogen and oxygen atoms in total. The molecule has 2 aromatic rings. The number of benzene rings is 2. The third kappa shape index (κ3) is 4.99. The van der Waals surface area contributed by atoms with Gasteiger partial charge in [-0.3, -0.25) is 9.69 Å². The summed E-state index contributed by atoms with van der Waals surface area (Å²) < 4.78 is 5.50. The van der Waals surface area contributed by atoms with E-state index in [4.69, 9.17) is 16.3 Å². The number of carbonyl (C=O) groups excluding carboxylic acids is 1. The number of nitrogens with one attached hydrogen (secondary N) is 1. The molecule has 1 fully saturated rings. The third-order valence-corrected chi connectivity index (χ3v) is 5.01. The van der Waals surface area contributed by atoms with Crippen molar-refractivity contribution >= 4 is 23.2 Å². The highest BCUT2D eigenvalue weighted by atomic mass is 35.5. The topological polar surface area (TPSA) is 41.6 Å². The Morgan fingerprint density at radius 3 is 2.92 bits per heavy atom. The Labute approximate surface area is 160 Å². The molecule has 2 aromatic carbocycles. The number of carbonyl (C=O) groups is 1. The molecule has 0 bridgehead atoms. The molecule has 3 rings (SSSR count). The van der Waals surface area contributed by atoms with E-state index in [1.165, 1.54) is 0 Å². The number of piperidine rings is 1. The van der Waals surface area contributed by atoms with Crippen molar-refractivity contribution in [3.63, 3.8) is 0 Å². The fourth-order valence-electron chi connectivity index (χ4n) is 3.36. The van der Waals surface area contributed by atoms with Gasteiger partial charge in [-0.05, 0) is 50.1 Å². The molecule has 0 radical (unpaired) electrons. The van der Waals surface area contributed by atoms with Gasteiger partial charge in [0.1, 0.15) is 5.75 Å². The first kappa shape index (κ1) is 18.7. The molecule has 0 aliphatic carbocycles. The molecule has 1 atom stereocenters. The lowest BCUT2D eigenvalue weighted by Gasteiger charge is -2.32. The number of hydrogen-bond acceptors (Lipinski definition) is 3. The minimum absolute atomic E-state index is 0.0120. The van der Waals surface area contributed by atoms with Crippen molar-refractivity contribution in [1.82, 2.24) is 4.90 Å². The van der Waals surface area contributed by atoms with Crippen LogP contribution in [-0.2, 0) is 11.3 Å².